The third-order valence-corrected chi connectivity index (χ3v) is 3.53. The van der Waals surface area contributed by atoms with Gasteiger partial charge in [-0.05, 0) is 6.42 Å². The molecule has 0 aromatic rings. The van der Waals surface area contributed by atoms with E-state index >= 15 is 0 Å². The van der Waals surface area contributed by atoms with Crippen LogP contribution in [0.5, 0.6) is 0 Å². The van der Waals surface area contributed by atoms with E-state index in [2.05, 4.69) is 16.6 Å². The molecule has 0 spiro atoms. The summed E-state index contributed by atoms with van der Waals surface area (Å²) < 4.78 is 23.0. The number of amides is 2. The fourth-order valence-corrected chi connectivity index (χ4v) is 2.28. The van der Waals surface area contributed by atoms with Crippen LogP contribution in [0.4, 0.5) is 4.79 Å². The summed E-state index contributed by atoms with van der Waals surface area (Å²) in [7, 11) is -2.65. The Hall–Kier alpha value is -0.910. The summed E-state index contributed by atoms with van der Waals surface area (Å²) in [5.74, 6) is 0. The standard InChI is InChI=1S/C14H28N2O3S/c1-2-3-4-5-6-7-8-9-10-11-12-13-15-14(17)16-20(18)19/h2-13H2,1H3,(H,15,17). The summed E-state index contributed by atoms with van der Waals surface area (Å²) in [6.07, 6.45) is 13.7. The van der Waals surface area contributed by atoms with Crippen molar-refractivity contribution < 1.29 is 13.2 Å². The predicted molar refractivity (Wildman–Crippen MR) is 81.2 cm³/mol. The number of hydrogen-bond acceptors (Lipinski definition) is 3. The molecule has 0 heterocycles. The van der Waals surface area contributed by atoms with Crippen LogP contribution in [0.15, 0.2) is 4.36 Å². The summed E-state index contributed by atoms with van der Waals surface area (Å²) in [5.41, 5.74) is 0. The molecule has 6 heteroatoms. The lowest BCUT2D eigenvalue weighted by molar-refractivity contribution is 0.249. The summed E-state index contributed by atoms with van der Waals surface area (Å²) in [6, 6.07) is -0.773. The van der Waals surface area contributed by atoms with Crippen molar-refractivity contribution in [1.82, 2.24) is 5.32 Å². The molecule has 0 atom stereocenters. The zero-order valence-electron chi connectivity index (χ0n) is 12.6. The van der Waals surface area contributed by atoms with Crippen LogP contribution in [0.1, 0.15) is 77.6 Å². The summed E-state index contributed by atoms with van der Waals surface area (Å²) in [5, 5.41) is 2.45. The maximum absolute atomic E-state index is 10.9. The van der Waals surface area contributed by atoms with Crippen molar-refractivity contribution in [3.05, 3.63) is 0 Å². The highest BCUT2D eigenvalue weighted by molar-refractivity contribution is 7.62. The minimum atomic E-state index is -2.65. The van der Waals surface area contributed by atoms with Gasteiger partial charge in [0.2, 0.25) is 0 Å². The Balaban J connectivity index is 3.17. The number of carbonyl (C=O) groups excluding carboxylic acids is 1. The normalized spacial score (nSPS) is 10.2. The average molecular weight is 304 g/mol. The van der Waals surface area contributed by atoms with Gasteiger partial charge in [-0.3, -0.25) is 0 Å². The Labute approximate surface area is 124 Å². The number of nitrogens with zero attached hydrogens (tertiary/aromatic N) is 1. The van der Waals surface area contributed by atoms with Gasteiger partial charge in [0.05, 0.1) is 0 Å². The third kappa shape index (κ3) is 15.1. The van der Waals surface area contributed by atoms with E-state index in [0.717, 1.165) is 12.8 Å². The minimum absolute atomic E-state index is 0.497. The molecule has 2 amide bonds. The zero-order valence-corrected chi connectivity index (χ0v) is 13.4. The average Bonchev–Trinajstić information content (AvgIpc) is 2.39. The fourth-order valence-electron chi connectivity index (χ4n) is 2.08. The van der Waals surface area contributed by atoms with Gasteiger partial charge in [-0.2, -0.15) is 8.42 Å². The van der Waals surface area contributed by atoms with Gasteiger partial charge in [-0.25, -0.2) is 4.79 Å². The van der Waals surface area contributed by atoms with Crippen molar-refractivity contribution >= 4 is 16.5 Å². The molecule has 118 valence electrons. The van der Waals surface area contributed by atoms with E-state index in [1.807, 2.05) is 0 Å². The molecule has 20 heavy (non-hydrogen) atoms. The molecular formula is C14H28N2O3S. The first-order valence-electron chi connectivity index (χ1n) is 7.75. The molecule has 0 aromatic heterocycles. The van der Waals surface area contributed by atoms with E-state index in [1.165, 1.54) is 57.8 Å². The SMILES string of the molecule is CCCCCCCCCCCCCNC(=O)N=S(=O)=O. The molecule has 0 aliphatic rings. The maximum atomic E-state index is 10.9. The van der Waals surface area contributed by atoms with Crippen LogP contribution < -0.4 is 5.32 Å². The van der Waals surface area contributed by atoms with E-state index in [4.69, 9.17) is 0 Å². The van der Waals surface area contributed by atoms with Gasteiger partial charge < -0.3 is 5.32 Å². The van der Waals surface area contributed by atoms with Crippen molar-refractivity contribution in [3.63, 3.8) is 0 Å². The smallest absolute Gasteiger partial charge is 0.335 e. The molecule has 0 aromatic carbocycles. The fraction of sp³-hybridized carbons (Fsp3) is 0.929. The highest BCUT2D eigenvalue weighted by Gasteiger charge is 1.97. The van der Waals surface area contributed by atoms with E-state index in [9.17, 15) is 13.2 Å². The van der Waals surface area contributed by atoms with Crippen molar-refractivity contribution in [2.75, 3.05) is 6.54 Å². The van der Waals surface area contributed by atoms with Crippen LogP contribution in [-0.4, -0.2) is 21.0 Å². The Kier molecular flexibility index (Phi) is 13.8. The van der Waals surface area contributed by atoms with Gasteiger partial charge in [0.1, 0.15) is 0 Å². The highest BCUT2D eigenvalue weighted by atomic mass is 32.2. The molecule has 5 nitrogen and oxygen atoms in total. The second kappa shape index (κ2) is 14.5. The van der Waals surface area contributed by atoms with E-state index < -0.39 is 16.5 Å². The van der Waals surface area contributed by atoms with E-state index in [-0.39, 0.29) is 0 Å². The van der Waals surface area contributed by atoms with Crippen LogP contribution in [0, 0.1) is 0 Å². The van der Waals surface area contributed by atoms with Gasteiger partial charge >= 0.3 is 16.5 Å². The molecule has 0 saturated carbocycles. The Morgan fingerprint density at radius 2 is 1.30 bits per heavy atom. The first-order valence-corrected chi connectivity index (χ1v) is 8.79. The first kappa shape index (κ1) is 19.1. The van der Waals surface area contributed by atoms with Crippen LogP contribution in [0.2, 0.25) is 0 Å². The van der Waals surface area contributed by atoms with Gasteiger partial charge in [-0.15, -0.1) is 0 Å². The van der Waals surface area contributed by atoms with Crippen LogP contribution >= 0.6 is 0 Å². The lowest BCUT2D eigenvalue weighted by atomic mass is 10.1. The lowest BCUT2D eigenvalue weighted by Crippen LogP contribution is -2.20. The highest BCUT2D eigenvalue weighted by Crippen LogP contribution is 2.10. The lowest BCUT2D eigenvalue weighted by Gasteiger charge is -2.03. The molecule has 0 aliphatic heterocycles. The predicted octanol–water partition coefficient (Wildman–Crippen LogP) is 4.07. The van der Waals surface area contributed by atoms with Crippen molar-refractivity contribution in [1.29, 1.82) is 0 Å². The molecular weight excluding hydrogens is 276 g/mol. The number of rotatable bonds is 12. The summed E-state index contributed by atoms with van der Waals surface area (Å²) in [6.45, 7) is 2.73. The number of carbonyl (C=O) groups is 1. The molecule has 0 bridgehead atoms. The van der Waals surface area contributed by atoms with Crippen molar-refractivity contribution in [2.24, 2.45) is 4.36 Å². The quantitative estimate of drug-likeness (QED) is 0.552. The number of unbranched alkanes of at least 4 members (excludes halogenated alkanes) is 10. The molecule has 0 radical (unpaired) electrons. The second-order valence-corrected chi connectivity index (χ2v) is 5.69. The van der Waals surface area contributed by atoms with E-state index in [1.54, 1.807) is 0 Å². The van der Waals surface area contributed by atoms with Crippen LogP contribution in [-0.2, 0) is 10.5 Å². The zero-order chi connectivity index (χ0) is 15.1. The number of nitrogens with one attached hydrogen (secondary N) is 1. The summed E-state index contributed by atoms with van der Waals surface area (Å²) >= 11 is 0. The largest absolute Gasteiger partial charge is 0.355 e. The second-order valence-electron chi connectivity index (χ2n) is 5.08. The topological polar surface area (TPSA) is 75.6 Å². The third-order valence-electron chi connectivity index (χ3n) is 3.21. The maximum Gasteiger partial charge on any atom is 0.355 e. The van der Waals surface area contributed by atoms with Crippen molar-refractivity contribution in [3.8, 4) is 0 Å². The Morgan fingerprint density at radius 3 is 1.75 bits per heavy atom. The van der Waals surface area contributed by atoms with Gasteiger partial charge in [0.25, 0.3) is 0 Å². The Morgan fingerprint density at radius 1 is 0.850 bits per heavy atom. The Bertz CT molecular complexity index is 359. The van der Waals surface area contributed by atoms with Crippen LogP contribution in [0.25, 0.3) is 0 Å². The van der Waals surface area contributed by atoms with Crippen LogP contribution in [0.3, 0.4) is 0 Å². The van der Waals surface area contributed by atoms with Gasteiger partial charge in [0.15, 0.2) is 0 Å². The van der Waals surface area contributed by atoms with Gasteiger partial charge in [-0.1, -0.05) is 75.5 Å². The minimum Gasteiger partial charge on any atom is -0.335 e. The molecule has 0 saturated heterocycles. The van der Waals surface area contributed by atoms with Crippen molar-refractivity contribution in [2.45, 2.75) is 77.6 Å². The van der Waals surface area contributed by atoms with E-state index in [0.29, 0.717) is 6.54 Å². The molecule has 0 aliphatic carbocycles. The number of hydrogen-bond donors (Lipinski definition) is 1. The monoisotopic (exact) mass is 304 g/mol. The first-order chi connectivity index (χ1) is 9.66. The molecule has 0 unspecified atom stereocenters. The molecule has 1 N–H and O–H groups in total. The molecule has 0 rings (SSSR count). The summed E-state index contributed by atoms with van der Waals surface area (Å²) in [4.78, 5) is 10.9. The molecule has 0 fully saturated rings. The van der Waals surface area contributed by atoms with Gasteiger partial charge in [0, 0.05) is 6.54 Å². The number of urea groups is 1.